The van der Waals surface area contributed by atoms with E-state index in [9.17, 15) is 9.59 Å². The lowest BCUT2D eigenvalue weighted by molar-refractivity contribution is -0.117. The predicted octanol–water partition coefficient (Wildman–Crippen LogP) is 2.78. The first kappa shape index (κ1) is 20.0. The van der Waals surface area contributed by atoms with Crippen molar-refractivity contribution in [1.82, 2.24) is 10.2 Å². The van der Waals surface area contributed by atoms with Crippen LogP contribution in [0.4, 0.5) is 10.5 Å². The number of nitrogens with zero attached hydrogens (tertiary/aromatic N) is 1. The number of benzene rings is 1. The second-order valence-electron chi connectivity index (χ2n) is 7.06. The van der Waals surface area contributed by atoms with Crippen molar-refractivity contribution in [3.63, 3.8) is 0 Å². The summed E-state index contributed by atoms with van der Waals surface area (Å²) in [5, 5.41) is 5.57. The lowest BCUT2D eigenvalue weighted by Gasteiger charge is -2.25. The highest BCUT2D eigenvalue weighted by Gasteiger charge is 2.18. The van der Waals surface area contributed by atoms with Crippen molar-refractivity contribution in [2.45, 2.75) is 46.3 Å². The fourth-order valence-corrected chi connectivity index (χ4v) is 1.92. The van der Waals surface area contributed by atoms with E-state index in [4.69, 9.17) is 4.74 Å². The lowest BCUT2D eigenvalue weighted by atomic mass is 10.2. The van der Waals surface area contributed by atoms with Gasteiger partial charge in [-0.1, -0.05) is 17.7 Å². The predicted molar refractivity (Wildman–Crippen MR) is 96.1 cm³/mol. The smallest absolute Gasteiger partial charge is 0.407 e. The van der Waals surface area contributed by atoms with Gasteiger partial charge in [-0.2, -0.15) is 0 Å². The van der Waals surface area contributed by atoms with Crippen molar-refractivity contribution in [3.8, 4) is 0 Å². The molecule has 0 saturated carbocycles. The third kappa shape index (κ3) is 7.97. The maximum atomic E-state index is 12.1. The molecule has 1 rings (SSSR count). The number of alkyl carbamates (subject to hydrolysis) is 1. The second-order valence-corrected chi connectivity index (χ2v) is 7.06. The highest BCUT2D eigenvalue weighted by Crippen LogP contribution is 2.09. The summed E-state index contributed by atoms with van der Waals surface area (Å²) in [4.78, 5) is 25.6. The standard InChI is InChI=1S/C18H29N3O3/c1-13-7-9-15(10-8-13)20-16(22)12-21(6)14(2)11-19-17(23)24-18(3,4)5/h7-10,14H,11-12H2,1-6H3,(H,19,23)(H,20,22). The van der Waals surface area contributed by atoms with E-state index in [1.165, 1.54) is 0 Å². The molecule has 0 aromatic heterocycles. The van der Waals surface area contributed by atoms with Crippen LogP contribution in [0.2, 0.25) is 0 Å². The van der Waals surface area contributed by atoms with Crippen LogP contribution in [0, 0.1) is 6.92 Å². The Kier molecular flexibility index (Phi) is 7.22. The number of carbonyl (C=O) groups is 2. The van der Waals surface area contributed by atoms with Crippen LogP contribution in [-0.2, 0) is 9.53 Å². The van der Waals surface area contributed by atoms with Crippen molar-refractivity contribution in [2.24, 2.45) is 0 Å². The summed E-state index contributed by atoms with van der Waals surface area (Å²) in [6, 6.07) is 7.65. The minimum atomic E-state index is -0.521. The van der Waals surface area contributed by atoms with E-state index in [-0.39, 0.29) is 18.5 Å². The highest BCUT2D eigenvalue weighted by molar-refractivity contribution is 5.92. The Hall–Kier alpha value is -2.08. The van der Waals surface area contributed by atoms with Crippen molar-refractivity contribution < 1.29 is 14.3 Å². The Morgan fingerprint density at radius 2 is 1.79 bits per heavy atom. The van der Waals surface area contributed by atoms with E-state index in [0.717, 1.165) is 11.3 Å². The molecular weight excluding hydrogens is 306 g/mol. The second kappa shape index (κ2) is 8.68. The zero-order valence-corrected chi connectivity index (χ0v) is 15.5. The molecule has 0 spiro atoms. The Balaban J connectivity index is 2.37. The minimum Gasteiger partial charge on any atom is -0.444 e. The molecule has 2 N–H and O–H groups in total. The van der Waals surface area contributed by atoms with Crippen LogP contribution >= 0.6 is 0 Å². The third-order valence-corrected chi connectivity index (χ3v) is 3.42. The van der Waals surface area contributed by atoms with Crippen LogP contribution in [0.15, 0.2) is 24.3 Å². The van der Waals surface area contributed by atoms with Gasteiger partial charge in [-0.25, -0.2) is 4.79 Å². The molecule has 0 aliphatic rings. The summed E-state index contributed by atoms with van der Waals surface area (Å²) in [6.07, 6.45) is -0.452. The summed E-state index contributed by atoms with van der Waals surface area (Å²) in [6.45, 7) is 10.0. The van der Waals surface area contributed by atoms with E-state index < -0.39 is 11.7 Å². The average Bonchev–Trinajstić information content (AvgIpc) is 2.45. The van der Waals surface area contributed by atoms with Crippen LogP contribution in [0.25, 0.3) is 0 Å². The van der Waals surface area contributed by atoms with Crippen LogP contribution in [0.5, 0.6) is 0 Å². The van der Waals surface area contributed by atoms with Crippen LogP contribution in [-0.4, -0.2) is 48.7 Å². The van der Waals surface area contributed by atoms with Crippen molar-refractivity contribution in [2.75, 3.05) is 25.5 Å². The van der Waals surface area contributed by atoms with E-state index >= 15 is 0 Å². The molecule has 6 nitrogen and oxygen atoms in total. The molecule has 0 heterocycles. The normalized spacial score (nSPS) is 12.6. The van der Waals surface area contributed by atoms with Crippen LogP contribution in [0.1, 0.15) is 33.3 Å². The van der Waals surface area contributed by atoms with Crippen LogP contribution in [0.3, 0.4) is 0 Å². The molecule has 1 aromatic carbocycles. The zero-order chi connectivity index (χ0) is 18.3. The SMILES string of the molecule is Cc1ccc(NC(=O)CN(C)C(C)CNC(=O)OC(C)(C)C)cc1. The number of anilines is 1. The molecule has 0 radical (unpaired) electrons. The molecule has 0 aliphatic carbocycles. The number of aryl methyl sites for hydroxylation is 1. The largest absolute Gasteiger partial charge is 0.444 e. The topological polar surface area (TPSA) is 70.7 Å². The van der Waals surface area contributed by atoms with Gasteiger partial charge in [0.15, 0.2) is 0 Å². The number of amides is 2. The zero-order valence-electron chi connectivity index (χ0n) is 15.5. The fraction of sp³-hybridized carbons (Fsp3) is 0.556. The monoisotopic (exact) mass is 335 g/mol. The van der Waals surface area contributed by atoms with E-state index in [2.05, 4.69) is 10.6 Å². The fourth-order valence-electron chi connectivity index (χ4n) is 1.92. The highest BCUT2D eigenvalue weighted by atomic mass is 16.6. The molecule has 2 amide bonds. The van der Waals surface area contributed by atoms with Gasteiger partial charge in [0.25, 0.3) is 0 Å². The Labute approximate surface area is 144 Å². The molecular formula is C18H29N3O3. The first-order chi connectivity index (χ1) is 11.1. The third-order valence-electron chi connectivity index (χ3n) is 3.42. The van der Waals surface area contributed by atoms with Gasteiger partial charge in [0.05, 0.1) is 6.54 Å². The van der Waals surface area contributed by atoms with Gasteiger partial charge in [0.2, 0.25) is 5.91 Å². The van der Waals surface area contributed by atoms with Gasteiger partial charge >= 0.3 is 6.09 Å². The van der Waals surface area contributed by atoms with Crippen molar-refractivity contribution >= 4 is 17.7 Å². The average molecular weight is 335 g/mol. The summed E-state index contributed by atoms with van der Waals surface area (Å²) in [7, 11) is 1.84. The van der Waals surface area contributed by atoms with Gasteiger partial charge in [-0.3, -0.25) is 9.69 Å². The quantitative estimate of drug-likeness (QED) is 0.838. The molecule has 0 fully saturated rings. The number of ether oxygens (including phenoxy) is 1. The van der Waals surface area contributed by atoms with E-state index in [1.807, 2.05) is 70.8 Å². The number of nitrogens with one attached hydrogen (secondary N) is 2. The molecule has 6 heteroatoms. The maximum Gasteiger partial charge on any atom is 0.407 e. The first-order valence-electron chi connectivity index (χ1n) is 8.10. The molecule has 134 valence electrons. The number of rotatable bonds is 6. The van der Waals surface area contributed by atoms with Gasteiger partial charge in [-0.05, 0) is 53.8 Å². The van der Waals surface area contributed by atoms with E-state index in [1.54, 1.807) is 0 Å². The molecule has 0 saturated heterocycles. The van der Waals surface area contributed by atoms with E-state index in [0.29, 0.717) is 6.54 Å². The molecule has 1 aromatic rings. The number of hydrogen-bond donors (Lipinski definition) is 2. The van der Waals surface area contributed by atoms with Gasteiger partial charge in [0.1, 0.15) is 5.60 Å². The lowest BCUT2D eigenvalue weighted by Crippen LogP contribution is -2.44. The van der Waals surface area contributed by atoms with Crippen LogP contribution < -0.4 is 10.6 Å². The molecule has 24 heavy (non-hydrogen) atoms. The number of carbonyl (C=O) groups excluding carboxylic acids is 2. The summed E-state index contributed by atoms with van der Waals surface area (Å²) in [5.41, 5.74) is 1.40. The molecule has 0 aliphatic heterocycles. The van der Waals surface area contributed by atoms with Gasteiger partial charge in [-0.15, -0.1) is 0 Å². The van der Waals surface area contributed by atoms with Gasteiger partial charge in [0, 0.05) is 18.3 Å². The summed E-state index contributed by atoms with van der Waals surface area (Å²) >= 11 is 0. The van der Waals surface area contributed by atoms with Crippen molar-refractivity contribution in [1.29, 1.82) is 0 Å². The molecule has 0 bridgehead atoms. The minimum absolute atomic E-state index is 0.00119. The molecule has 1 atom stereocenters. The Morgan fingerprint density at radius 3 is 2.33 bits per heavy atom. The summed E-state index contributed by atoms with van der Waals surface area (Å²) < 4.78 is 5.19. The number of hydrogen-bond acceptors (Lipinski definition) is 4. The summed E-state index contributed by atoms with van der Waals surface area (Å²) in [5.74, 6) is -0.0922. The van der Waals surface area contributed by atoms with Crippen molar-refractivity contribution in [3.05, 3.63) is 29.8 Å². The maximum absolute atomic E-state index is 12.1. The van der Waals surface area contributed by atoms with Gasteiger partial charge < -0.3 is 15.4 Å². The Bertz CT molecular complexity index is 550. The molecule has 1 unspecified atom stereocenters. The number of likely N-dealkylation sites (N-methyl/N-ethyl adjacent to an activating group) is 1. The first-order valence-corrected chi connectivity index (χ1v) is 8.10. The Morgan fingerprint density at radius 1 is 1.21 bits per heavy atom.